The molecule has 0 aromatic heterocycles. The molecule has 6 nitrogen and oxygen atoms in total. The number of carbonyl (C=O) groups is 3. The van der Waals surface area contributed by atoms with Crippen molar-refractivity contribution in [1.82, 2.24) is 5.32 Å². The number of ether oxygens (including phenoxy) is 2. The molecule has 0 aromatic carbocycles. The molecule has 0 aliphatic heterocycles. The summed E-state index contributed by atoms with van der Waals surface area (Å²) in [5.41, 5.74) is 0.859. The van der Waals surface area contributed by atoms with E-state index >= 15 is 0 Å². The van der Waals surface area contributed by atoms with E-state index in [2.05, 4.69) is 11.9 Å². The Morgan fingerprint density at radius 3 is 2.10 bits per heavy atom. The van der Waals surface area contributed by atoms with Crippen LogP contribution in [0.3, 0.4) is 0 Å². The molecule has 29 heavy (non-hydrogen) atoms. The maximum absolute atomic E-state index is 11.1. The Labute approximate surface area is 177 Å². The molecule has 0 aromatic rings. The van der Waals surface area contributed by atoms with Gasteiger partial charge in [0.15, 0.2) is 0 Å². The number of hydrogen-bond donors (Lipinski definition) is 1. The molecule has 0 fully saturated rings. The van der Waals surface area contributed by atoms with Gasteiger partial charge in [-0.25, -0.2) is 0 Å². The van der Waals surface area contributed by atoms with E-state index in [1.54, 1.807) is 0 Å². The summed E-state index contributed by atoms with van der Waals surface area (Å²) in [6, 6.07) is 0. The quantitative estimate of drug-likeness (QED) is 0.243. The first-order chi connectivity index (χ1) is 13.4. The van der Waals surface area contributed by atoms with Crippen LogP contribution in [0.25, 0.3) is 0 Å². The predicted molar refractivity (Wildman–Crippen MR) is 119 cm³/mol. The molecular weight excluding hydrogens is 370 g/mol. The van der Waals surface area contributed by atoms with Gasteiger partial charge in [0.1, 0.15) is 5.60 Å². The van der Waals surface area contributed by atoms with E-state index < -0.39 is 0 Å². The first-order valence-corrected chi connectivity index (χ1v) is 9.97. The predicted octanol–water partition coefficient (Wildman–Crippen LogP) is 5.24. The largest absolute Gasteiger partial charge is 0.495 e. The zero-order chi connectivity index (χ0) is 23.5. The first kappa shape index (κ1) is 31.3. The van der Waals surface area contributed by atoms with Crippen LogP contribution in [0, 0.1) is 0 Å². The van der Waals surface area contributed by atoms with Gasteiger partial charge in [0.05, 0.1) is 11.9 Å². The fraction of sp³-hybridized carbons (Fsp3) is 0.609. The lowest BCUT2D eigenvalue weighted by Crippen LogP contribution is -2.22. The van der Waals surface area contributed by atoms with E-state index in [1.165, 1.54) is 12.5 Å². The minimum Gasteiger partial charge on any atom is -0.495 e. The molecule has 0 heterocycles. The molecule has 1 atom stereocenters. The molecule has 2 amide bonds. The highest BCUT2D eigenvalue weighted by atomic mass is 16.6. The van der Waals surface area contributed by atoms with Gasteiger partial charge in [0, 0.05) is 19.8 Å². The Bertz CT molecular complexity index is 542. The van der Waals surface area contributed by atoms with Crippen LogP contribution in [0.2, 0.25) is 0 Å². The molecule has 0 radical (unpaired) electrons. The average molecular weight is 412 g/mol. The third kappa shape index (κ3) is 27.9. The van der Waals surface area contributed by atoms with Crippen molar-refractivity contribution in [2.24, 2.45) is 0 Å². The van der Waals surface area contributed by atoms with Gasteiger partial charge in [0.25, 0.3) is 0 Å². The molecular formula is C23H41NO5. The average Bonchev–Trinajstić information content (AvgIpc) is 2.60. The van der Waals surface area contributed by atoms with Crippen molar-refractivity contribution in [2.75, 3.05) is 0 Å². The monoisotopic (exact) mass is 411 g/mol. The summed E-state index contributed by atoms with van der Waals surface area (Å²) in [7, 11) is 0. The molecule has 0 saturated heterocycles. The Hall–Kier alpha value is -2.37. The molecule has 0 bridgehead atoms. The molecule has 6 heteroatoms. The van der Waals surface area contributed by atoms with Crippen molar-refractivity contribution in [2.45, 2.75) is 93.3 Å². The van der Waals surface area contributed by atoms with E-state index in [1.807, 2.05) is 73.6 Å². The highest BCUT2D eigenvalue weighted by Gasteiger charge is 2.11. The summed E-state index contributed by atoms with van der Waals surface area (Å²) in [6.45, 7) is 20.6. The standard InChI is InChI=1S/C15H23NO3.C6H12O2.C2H6/c1-5-12(2)7-6-8-13(3)19-14(4)9-10-15(18)16-11-17;1-5(7)8-6(2,3)4;1-2/h5-7,11,14H,3,8-10H2,1-2,4H3,(H,16,17,18);1-4H3;1-2H3/b7-6-,12-5-;;. The number of imide groups is 1. The second kappa shape index (κ2) is 19.0. The zero-order valence-electron chi connectivity index (χ0n) is 19.8. The number of nitrogens with one attached hydrogen (secondary N) is 1. The summed E-state index contributed by atoms with van der Waals surface area (Å²) >= 11 is 0. The molecule has 0 spiro atoms. The highest BCUT2D eigenvalue weighted by molar-refractivity contribution is 5.85. The third-order valence-corrected chi connectivity index (χ3v) is 3.00. The summed E-state index contributed by atoms with van der Waals surface area (Å²) in [5, 5.41) is 2.09. The van der Waals surface area contributed by atoms with Gasteiger partial charge in [-0.3, -0.25) is 19.7 Å². The van der Waals surface area contributed by atoms with E-state index in [9.17, 15) is 14.4 Å². The van der Waals surface area contributed by atoms with Gasteiger partial charge >= 0.3 is 5.97 Å². The first-order valence-electron chi connectivity index (χ1n) is 9.97. The van der Waals surface area contributed by atoms with E-state index in [-0.39, 0.29) is 30.0 Å². The maximum Gasteiger partial charge on any atom is 0.303 e. The van der Waals surface area contributed by atoms with Crippen LogP contribution in [0.5, 0.6) is 0 Å². The Morgan fingerprint density at radius 1 is 1.17 bits per heavy atom. The minimum absolute atomic E-state index is 0.0962. The lowest BCUT2D eigenvalue weighted by atomic mass is 10.2. The van der Waals surface area contributed by atoms with E-state index in [0.29, 0.717) is 25.0 Å². The Kier molecular flexibility index (Phi) is 20.5. The number of esters is 1. The molecule has 168 valence electrons. The fourth-order valence-electron chi connectivity index (χ4n) is 1.77. The Morgan fingerprint density at radius 2 is 1.72 bits per heavy atom. The third-order valence-electron chi connectivity index (χ3n) is 3.00. The van der Waals surface area contributed by atoms with Crippen LogP contribution in [-0.2, 0) is 23.9 Å². The topological polar surface area (TPSA) is 81.7 Å². The minimum atomic E-state index is -0.328. The van der Waals surface area contributed by atoms with Gasteiger partial charge in [-0.15, -0.1) is 0 Å². The van der Waals surface area contributed by atoms with Crippen molar-refractivity contribution in [1.29, 1.82) is 0 Å². The van der Waals surface area contributed by atoms with Crippen LogP contribution in [0.4, 0.5) is 0 Å². The number of amides is 2. The van der Waals surface area contributed by atoms with Gasteiger partial charge in [-0.2, -0.15) is 0 Å². The summed E-state index contributed by atoms with van der Waals surface area (Å²) in [6.07, 6.45) is 7.78. The second-order valence-corrected chi connectivity index (χ2v) is 7.04. The molecule has 0 rings (SSSR count). The van der Waals surface area contributed by atoms with Gasteiger partial charge in [-0.1, -0.05) is 44.2 Å². The Balaban J connectivity index is -0.000000564. The van der Waals surface area contributed by atoms with E-state index in [0.717, 1.165) is 0 Å². The van der Waals surface area contributed by atoms with Gasteiger partial charge in [-0.05, 0) is 48.0 Å². The lowest BCUT2D eigenvalue weighted by molar-refractivity contribution is -0.151. The summed E-state index contributed by atoms with van der Waals surface area (Å²) < 4.78 is 10.4. The molecule has 0 aliphatic rings. The van der Waals surface area contributed by atoms with Crippen LogP contribution >= 0.6 is 0 Å². The molecule has 1 unspecified atom stereocenters. The fourth-order valence-corrected chi connectivity index (χ4v) is 1.77. The van der Waals surface area contributed by atoms with Gasteiger partial charge in [0.2, 0.25) is 12.3 Å². The highest BCUT2D eigenvalue weighted by Crippen LogP contribution is 2.11. The van der Waals surface area contributed by atoms with Crippen LogP contribution in [0.15, 0.2) is 36.1 Å². The SMILES string of the molecule is C=C(C/C=C\C(C)=C/C)OC(C)CCC(=O)NC=O.CC.CC(=O)OC(C)(C)C. The number of rotatable bonds is 9. The normalized spacial score (nSPS) is 11.8. The molecule has 0 saturated carbocycles. The number of hydrogen-bond acceptors (Lipinski definition) is 5. The number of carbonyl (C=O) groups excluding carboxylic acids is 3. The summed E-state index contributed by atoms with van der Waals surface area (Å²) in [4.78, 5) is 31.4. The lowest BCUT2D eigenvalue weighted by Gasteiger charge is -2.17. The van der Waals surface area contributed by atoms with Crippen molar-refractivity contribution >= 4 is 18.3 Å². The number of allylic oxidation sites excluding steroid dienone is 4. The van der Waals surface area contributed by atoms with Crippen molar-refractivity contribution in [3.63, 3.8) is 0 Å². The van der Waals surface area contributed by atoms with Crippen LogP contribution in [-0.4, -0.2) is 30.0 Å². The molecule has 0 aliphatic carbocycles. The summed E-state index contributed by atoms with van der Waals surface area (Å²) in [5.74, 6) is 0.153. The second-order valence-electron chi connectivity index (χ2n) is 7.04. The van der Waals surface area contributed by atoms with Crippen molar-refractivity contribution in [3.05, 3.63) is 36.1 Å². The smallest absolute Gasteiger partial charge is 0.303 e. The van der Waals surface area contributed by atoms with E-state index in [4.69, 9.17) is 9.47 Å². The molecule has 1 N–H and O–H groups in total. The van der Waals surface area contributed by atoms with Crippen molar-refractivity contribution in [3.8, 4) is 0 Å². The van der Waals surface area contributed by atoms with Crippen molar-refractivity contribution < 1.29 is 23.9 Å². The van der Waals surface area contributed by atoms with Crippen LogP contribution < -0.4 is 5.32 Å². The van der Waals surface area contributed by atoms with Gasteiger partial charge < -0.3 is 9.47 Å². The zero-order valence-corrected chi connectivity index (χ0v) is 19.8. The maximum atomic E-state index is 11.1. The van der Waals surface area contributed by atoms with Crippen LogP contribution in [0.1, 0.15) is 81.6 Å².